The number of halogens is 1. The number of rotatable bonds is 6. The fourth-order valence-corrected chi connectivity index (χ4v) is 2.70. The fourth-order valence-electron chi connectivity index (χ4n) is 1.76. The second-order valence-corrected chi connectivity index (χ2v) is 7.29. The Morgan fingerprint density at radius 2 is 2.22 bits per heavy atom. The van der Waals surface area contributed by atoms with Gasteiger partial charge in [0.05, 0.1) is 19.1 Å². The highest BCUT2D eigenvalue weighted by Gasteiger charge is 2.07. The number of ether oxygens (including phenoxy) is 1. The Labute approximate surface area is 119 Å². The number of hydrogen-bond donors (Lipinski definition) is 0. The van der Waals surface area contributed by atoms with Crippen molar-refractivity contribution in [3.05, 3.63) is 30.1 Å². The lowest BCUT2D eigenvalue weighted by Gasteiger charge is -2.06. The monoisotopic (exact) mass is 329 g/mol. The van der Waals surface area contributed by atoms with Gasteiger partial charge in [0.15, 0.2) is 0 Å². The van der Waals surface area contributed by atoms with Crippen molar-refractivity contribution in [1.29, 1.82) is 0 Å². The van der Waals surface area contributed by atoms with Crippen molar-refractivity contribution in [3.63, 3.8) is 0 Å². The van der Waals surface area contributed by atoms with Crippen LogP contribution in [0.25, 0.3) is 11.0 Å². The molecule has 0 aliphatic carbocycles. The molecule has 0 radical (unpaired) electrons. The minimum atomic E-state index is 0.448. The molecule has 2 heterocycles. The van der Waals surface area contributed by atoms with Crippen molar-refractivity contribution in [2.75, 3.05) is 24.9 Å². The molecule has 0 saturated carbocycles. The lowest BCUT2D eigenvalue weighted by Crippen LogP contribution is -2.11. The molecular weight excluding hydrogens is 312 g/mol. The highest BCUT2D eigenvalue weighted by molar-refractivity contribution is 9.08. The minimum Gasteiger partial charge on any atom is -0.356 e. The molecule has 5 heteroatoms. The standard InChI is InChI=1S/C13H18BrN2OS/c1-18(2)8-7-17-10-16-6-4-12-11(9-14)3-5-15-13(12)16/h3-6H,7-10H2,1-2H3/q+1. The largest absolute Gasteiger partial charge is 0.356 e. The number of nitrogens with zero attached hydrogens (tertiary/aromatic N) is 2. The SMILES string of the molecule is C[S+](C)CCOCn1ccc2c(CBr)ccnc21. The number of aromatic nitrogens is 2. The van der Waals surface area contributed by atoms with Crippen LogP contribution >= 0.6 is 15.9 Å². The van der Waals surface area contributed by atoms with Crippen molar-refractivity contribution < 1.29 is 4.74 Å². The van der Waals surface area contributed by atoms with Crippen LogP contribution in [0.2, 0.25) is 0 Å². The quantitative estimate of drug-likeness (QED) is 0.463. The molecule has 0 aromatic carbocycles. The van der Waals surface area contributed by atoms with Gasteiger partial charge in [-0.15, -0.1) is 0 Å². The minimum absolute atomic E-state index is 0.448. The average molecular weight is 330 g/mol. The molecule has 2 rings (SSSR count). The van der Waals surface area contributed by atoms with Crippen LogP contribution in [0.5, 0.6) is 0 Å². The van der Waals surface area contributed by atoms with Crippen LogP contribution in [0.4, 0.5) is 0 Å². The van der Waals surface area contributed by atoms with Crippen LogP contribution in [0.15, 0.2) is 24.5 Å². The summed E-state index contributed by atoms with van der Waals surface area (Å²) in [4.78, 5) is 4.43. The zero-order chi connectivity index (χ0) is 13.0. The first-order chi connectivity index (χ1) is 8.72. The molecule has 2 aromatic rings. The van der Waals surface area contributed by atoms with Gasteiger partial charge in [0.25, 0.3) is 0 Å². The number of alkyl halides is 1. The van der Waals surface area contributed by atoms with Gasteiger partial charge in [0.1, 0.15) is 18.1 Å². The molecule has 3 nitrogen and oxygen atoms in total. The molecule has 0 atom stereocenters. The van der Waals surface area contributed by atoms with Crippen molar-refractivity contribution in [3.8, 4) is 0 Å². The summed E-state index contributed by atoms with van der Waals surface area (Å²) in [5.74, 6) is 1.12. The van der Waals surface area contributed by atoms with E-state index in [1.54, 1.807) is 0 Å². The smallest absolute Gasteiger partial charge is 0.142 e. The molecule has 0 amide bonds. The average Bonchev–Trinajstić information content (AvgIpc) is 2.77. The maximum Gasteiger partial charge on any atom is 0.142 e. The van der Waals surface area contributed by atoms with Gasteiger partial charge in [-0.1, -0.05) is 15.9 Å². The first kappa shape index (κ1) is 13.9. The second-order valence-electron chi connectivity index (χ2n) is 4.35. The van der Waals surface area contributed by atoms with Gasteiger partial charge < -0.3 is 9.30 Å². The summed E-state index contributed by atoms with van der Waals surface area (Å²) in [6.45, 7) is 1.40. The molecule has 0 unspecified atom stereocenters. The van der Waals surface area contributed by atoms with Gasteiger partial charge in [-0.3, -0.25) is 0 Å². The summed E-state index contributed by atoms with van der Waals surface area (Å²) in [5.41, 5.74) is 2.27. The zero-order valence-electron chi connectivity index (χ0n) is 10.7. The number of pyridine rings is 1. The van der Waals surface area contributed by atoms with E-state index in [1.165, 1.54) is 10.9 Å². The molecule has 18 heavy (non-hydrogen) atoms. The van der Waals surface area contributed by atoms with E-state index >= 15 is 0 Å². The Hall–Kier alpha value is -0.520. The van der Waals surface area contributed by atoms with Crippen LogP contribution in [0.3, 0.4) is 0 Å². The molecule has 0 spiro atoms. The van der Waals surface area contributed by atoms with Crippen LogP contribution in [0.1, 0.15) is 5.56 Å². The van der Waals surface area contributed by atoms with Crippen molar-refractivity contribution in [2.24, 2.45) is 0 Å². The Bertz CT molecular complexity index is 513. The molecule has 0 saturated heterocycles. The van der Waals surface area contributed by atoms with Crippen LogP contribution in [-0.2, 0) is 27.7 Å². The summed E-state index contributed by atoms with van der Waals surface area (Å²) in [6.07, 6.45) is 8.36. The highest BCUT2D eigenvalue weighted by atomic mass is 79.9. The third kappa shape index (κ3) is 3.28. The van der Waals surface area contributed by atoms with E-state index in [4.69, 9.17) is 4.74 Å². The van der Waals surface area contributed by atoms with Crippen LogP contribution in [-0.4, -0.2) is 34.4 Å². The van der Waals surface area contributed by atoms with Crippen molar-refractivity contribution in [1.82, 2.24) is 9.55 Å². The Morgan fingerprint density at radius 3 is 2.94 bits per heavy atom. The van der Waals surface area contributed by atoms with Gasteiger partial charge in [0.2, 0.25) is 0 Å². The molecule has 0 aliphatic heterocycles. The molecule has 0 N–H and O–H groups in total. The highest BCUT2D eigenvalue weighted by Crippen LogP contribution is 2.20. The summed E-state index contributed by atoms with van der Waals surface area (Å²) < 4.78 is 7.75. The van der Waals surface area contributed by atoms with E-state index in [9.17, 15) is 0 Å². The first-order valence-electron chi connectivity index (χ1n) is 5.83. The number of fused-ring (bicyclic) bond motifs is 1. The third-order valence-electron chi connectivity index (χ3n) is 2.76. The summed E-state index contributed by atoms with van der Waals surface area (Å²) in [6, 6.07) is 4.15. The van der Waals surface area contributed by atoms with Crippen LogP contribution in [0, 0.1) is 0 Å². The summed E-state index contributed by atoms with van der Waals surface area (Å²) in [7, 11) is 0.448. The topological polar surface area (TPSA) is 27.1 Å². The lowest BCUT2D eigenvalue weighted by atomic mass is 10.2. The summed E-state index contributed by atoms with van der Waals surface area (Å²) in [5, 5.41) is 2.05. The molecule has 0 aliphatic rings. The molecule has 0 bridgehead atoms. The van der Waals surface area contributed by atoms with Crippen molar-refractivity contribution in [2.45, 2.75) is 12.1 Å². The molecular formula is C13H18BrN2OS+. The maximum absolute atomic E-state index is 5.69. The Balaban J connectivity index is 2.05. The van der Waals surface area contributed by atoms with Crippen molar-refractivity contribution >= 4 is 37.9 Å². The van der Waals surface area contributed by atoms with E-state index in [-0.39, 0.29) is 0 Å². The first-order valence-corrected chi connectivity index (χ1v) is 9.16. The molecule has 0 fully saturated rings. The fraction of sp³-hybridized carbons (Fsp3) is 0.462. The number of hydrogen-bond acceptors (Lipinski definition) is 2. The van der Waals surface area contributed by atoms with E-state index in [0.29, 0.717) is 17.6 Å². The van der Waals surface area contributed by atoms with Gasteiger partial charge in [-0.25, -0.2) is 4.98 Å². The van der Waals surface area contributed by atoms with Gasteiger partial charge in [0, 0.05) is 23.1 Å². The Morgan fingerprint density at radius 1 is 1.39 bits per heavy atom. The van der Waals surface area contributed by atoms with E-state index < -0.39 is 0 Å². The summed E-state index contributed by atoms with van der Waals surface area (Å²) >= 11 is 3.50. The lowest BCUT2D eigenvalue weighted by molar-refractivity contribution is 0.0924. The molecule has 98 valence electrons. The van der Waals surface area contributed by atoms with Gasteiger partial charge >= 0.3 is 0 Å². The van der Waals surface area contributed by atoms with E-state index in [1.807, 2.05) is 18.5 Å². The second kappa shape index (κ2) is 6.59. The zero-order valence-corrected chi connectivity index (χ0v) is 13.1. The molecule has 2 aromatic heterocycles. The maximum atomic E-state index is 5.69. The van der Waals surface area contributed by atoms with Gasteiger partial charge in [-0.05, 0) is 28.6 Å². The third-order valence-corrected chi connectivity index (χ3v) is 4.35. The van der Waals surface area contributed by atoms with Crippen LogP contribution < -0.4 is 0 Å². The van der Waals surface area contributed by atoms with E-state index in [0.717, 1.165) is 23.3 Å². The van der Waals surface area contributed by atoms with Gasteiger partial charge in [-0.2, -0.15) is 0 Å². The predicted octanol–water partition coefficient (Wildman–Crippen LogP) is 2.78. The normalized spacial score (nSPS) is 11.6. The Kier molecular flexibility index (Phi) is 5.09. The predicted molar refractivity (Wildman–Crippen MR) is 82.4 cm³/mol. The van der Waals surface area contributed by atoms with E-state index in [2.05, 4.69) is 44.1 Å².